The number of aromatic nitrogens is 4. The van der Waals surface area contributed by atoms with E-state index < -0.39 is 0 Å². The molecule has 2 amide bonds. The van der Waals surface area contributed by atoms with Crippen LogP contribution in [0, 0.1) is 17.2 Å². The van der Waals surface area contributed by atoms with Gasteiger partial charge in [0.15, 0.2) is 0 Å². The number of hydrogen-bond acceptors (Lipinski definition) is 7. The summed E-state index contributed by atoms with van der Waals surface area (Å²) in [5.74, 6) is 0.847. The van der Waals surface area contributed by atoms with Gasteiger partial charge < -0.3 is 14.8 Å². The molecular weight excluding hydrogens is 448 g/mol. The van der Waals surface area contributed by atoms with Gasteiger partial charge in [0.1, 0.15) is 16.9 Å². The SMILES string of the molecule is N#Cc1ccc(C(=O)N2CCN(CC(=O)N(Cc3nc4cn[nH]c4c(=O)[nH]3)CC3CC3)CC2)cc1. The molecule has 3 aromatic rings. The van der Waals surface area contributed by atoms with E-state index >= 15 is 0 Å². The molecule has 0 radical (unpaired) electrons. The van der Waals surface area contributed by atoms with E-state index in [4.69, 9.17) is 5.26 Å². The summed E-state index contributed by atoms with van der Waals surface area (Å²) in [6, 6.07) is 8.68. The Morgan fingerprint density at radius 3 is 2.57 bits per heavy atom. The number of amides is 2. The second kappa shape index (κ2) is 9.68. The lowest BCUT2D eigenvalue weighted by Gasteiger charge is -2.35. The molecule has 2 fully saturated rings. The highest BCUT2D eigenvalue weighted by Gasteiger charge is 2.29. The van der Waals surface area contributed by atoms with E-state index in [2.05, 4.69) is 31.1 Å². The van der Waals surface area contributed by atoms with E-state index in [0.29, 0.717) is 66.6 Å². The van der Waals surface area contributed by atoms with Gasteiger partial charge in [0, 0.05) is 38.3 Å². The first-order valence-electron chi connectivity index (χ1n) is 11.7. The maximum absolute atomic E-state index is 13.2. The Morgan fingerprint density at radius 2 is 1.89 bits per heavy atom. The quantitative estimate of drug-likeness (QED) is 0.514. The maximum atomic E-state index is 13.2. The highest BCUT2D eigenvalue weighted by molar-refractivity contribution is 5.94. The van der Waals surface area contributed by atoms with Crippen LogP contribution in [-0.4, -0.2) is 85.9 Å². The molecule has 1 aliphatic carbocycles. The number of carbonyl (C=O) groups excluding carboxylic acids is 2. The van der Waals surface area contributed by atoms with Gasteiger partial charge in [-0.15, -0.1) is 0 Å². The largest absolute Gasteiger partial charge is 0.336 e. The molecular formula is C24H26N8O3. The molecule has 11 nitrogen and oxygen atoms in total. The van der Waals surface area contributed by atoms with Crippen LogP contribution in [0.2, 0.25) is 0 Å². The third-order valence-corrected chi connectivity index (χ3v) is 6.51. The fourth-order valence-corrected chi connectivity index (χ4v) is 4.29. The summed E-state index contributed by atoms with van der Waals surface area (Å²) >= 11 is 0. The van der Waals surface area contributed by atoms with Crippen LogP contribution >= 0.6 is 0 Å². The number of nitriles is 1. The zero-order chi connectivity index (χ0) is 24.4. The lowest BCUT2D eigenvalue weighted by atomic mass is 10.1. The Bertz CT molecular complexity index is 1330. The van der Waals surface area contributed by atoms with Gasteiger partial charge in [-0.2, -0.15) is 10.4 Å². The van der Waals surface area contributed by atoms with E-state index in [9.17, 15) is 14.4 Å². The van der Waals surface area contributed by atoms with Gasteiger partial charge in [-0.1, -0.05) is 0 Å². The van der Waals surface area contributed by atoms with Crippen molar-refractivity contribution in [1.29, 1.82) is 5.26 Å². The average Bonchev–Trinajstić information content (AvgIpc) is 3.56. The van der Waals surface area contributed by atoms with Crippen LogP contribution in [0.15, 0.2) is 35.3 Å². The Hall–Kier alpha value is -4.04. The topological polar surface area (TPSA) is 142 Å². The van der Waals surface area contributed by atoms with Gasteiger partial charge in [0.2, 0.25) is 5.91 Å². The van der Waals surface area contributed by atoms with Crippen LogP contribution in [0.5, 0.6) is 0 Å². The highest BCUT2D eigenvalue weighted by Crippen LogP contribution is 2.30. The Kier molecular flexibility index (Phi) is 6.29. The first-order chi connectivity index (χ1) is 17.0. The molecule has 2 N–H and O–H groups in total. The molecule has 11 heteroatoms. The van der Waals surface area contributed by atoms with Gasteiger partial charge in [0.05, 0.1) is 30.9 Å². The van der Waals surface area contributed by atoms with Gasteiger partial charge in [-0.3, -0.25) is 24.4 Å². The summed E-state index contributed by atoms with van der Waals surface area (Å²) < 4.78 is 0. The van der Waals surface area contributed by atoms with Gasteiger partial charge in [-0.25, -0.2) is 4.98 Å². The fourth-order valence-electron chi connectivity index (χ4n) is 4.29. The zero-order valence-corrected chi connectivity index (χ0v) is 19.2. The van der Waals surface area contributed by atoms with Crippen molar-refractivity contribution in [3.63, 3.8) is 0 Å². The number of piperazine rings is 1. The first kappa shape index (κ1) is 22.7. The Labute approximate surface area is 201 Å². The number of carbonyl (C=O) groups is 2. The summed E-state index contributed by atoms with van der Waals surface area (Å²) in [5, 5.41) is 15.4. The molecule has 0 atom stereocenters. The zero-order valence-electron chi connectivity index (χ0n) is 19.2. The van der Waals surface area contributed by atoms with E-state index in [1.165, 1.54) is 6.20 Å². The van der Waals surface area contributed by atoms with Crippen molar-refractivity contribution >= 4 is 22.8 Å². The number of aromatic amines is 2. The lowest BCUT2D eigenvalue weighted by Crippen LogP contribution is -2.51. The predicted octanol–water partition coefficient (Wildman–Crippen LogP) is 0.714. The van der Waals surface area contributed by atoms with Crippen molar-refractivity contribution in [2.24, 2.45) is 5.92 Å². The molecule has 2 aromatic heterocycles. The number of nitrogens with zero attached hydrogens (tertiary/aromatic N) is 6. The number of rotatable bonds is 7. The van der Waals surface area contributed by atoms with Crippen molar-refractivity contribution in [1.82, 2.24) is 34.9 Å². The molecule has 180 valence electrons. The molecule has 3 heterocycles. The predicted molar refractivity (Wildman–Crippen MR) is 126 cm³/mol. The van der Waals surface area contributed by atoms with Gasteiger partial charge >= 0.3 is 0 Å². The third kappa shape index (κ3) is 5.22. The van der Waals surface area contributed by atoms with Crippen LogP contribution in [0.3, 0.4) is 0 Å². The van der Waals surface area contributed by atoms with Gasteiger partial charge in [0.25, 0.3) is 11.5 Å². The molecule has 5 rings (SSSR count). The highest BCUT2D eigenvalue weighted by atomic mass is 16.2. The minimum absolute atomic E-state index is 0.0151. The smallest absolute Gasteiger partial charge is 0.276 e. The number of nitrogens with one attached hydrogen (secondary N) is 2. The second-order valence-electron chi connectivity index (χ2n) is 9.12. The molecule has 1 aliphatic heterocycles. The monoisotopic (exact) mass is 474 g/mol. The molecule has 0 unspecified atom stereocenters. The Morgan fingerprint density at radius 1 is 1.14 bits per heavy atom. The average molecular weight is 475 g/mol. The fraction of sp³-hybridized carbons (Fsp3) is 0.417. The molecule has 0 bridgehead atoms. The molecule has 1 saturated heterocycles. The van der Waals surface area contributed by atoms with Crippen LogP contribution in [0.4, 0.5) is 0 Å². The van der Waals surface area contributed by atoms with Crippen LogP contribution < -0.4 is 5.56 Å². The van der Waals surface area contributed by atoms with E-state index in [0.717, 1.165) is 12.8 Å². The number of benzene rings is 1. The number of fused-ring (bicyclic) bond motifs is 1. The van der Waals surface area contributed by atoms with Crippen LogP contribution in [0.25, 0.3) is 11.0 Å². The van der Waals surface area contributed by atoms with Crippen molar-refractivity contribution < 1.29 is 9.59 Å². The molecule has 35 heavy (non-hydrogen) atoms. The van der Waals surface area contributed by atoms with Gasteiger partial charge in [-0.05, 0) is 43.0 Å². The summed E-state index contributed by atoms with van der Waals surface area (Å²) in [7, 11) is 0. The van der Waals surface area contributed by atoms with E-state index in [-0.39, 0.29) is 30.5 Å². The minimum Gasteiger partial charge on any atom is -0.336 e. The normalized spacial score (nSPS) is 16.3. The number of H-pyrrole nitrogens is 2. The Balaban J connectivity index is 1.19. The van der Waals surface area contributed by atoms with Crippen LogP contribution in [0.1, 0.15) is 34.6 Å². The standard InChI is InChI=1S/C24H26N8O3/c25-11-16-3-5-18(6-4-16)24(35)31-9-7-30(8-10-31)15-21(33)32(13-17-1-2-17)14-20-27-19-12-26-29-22(19)23(34)28-20/h3-6,12,17H,1-2,7-10,13-15H2,(H,26,29)(H,27,28,34). The number of hydrogen-bond donors (Lipinski definition) is 2. The summed E-state index contributed by atoms with van der Waals surface area (Å²) in [4.78, 5) is 51.1. The van der Waals surface area contributed by atoms with Crippen molar-refractivity contribution in [2.45, 2.75) is 19.4 Å². The van der Waals surface area contributed by atoms with E-state index in [1.807, 2.05) is 0 Å². The van der Waals surface area contributed by atoms with Crippen molar-refractivity contribution in [3.05, 3.63) is 57.8 Å². The summed E-state index contributed by atoms with van der Waals surface area (Å²) in [6.07, 6.45) is 3.70. The maximum Gasteiger partial charge on any atom is 0.276 e. The van der Waals surface area contributed by atoms with Crippen molar-refractivity contribution in [3.8, 4) is 6.07 Å². The third-order valence-electron chi connectivity index (χ3n) is 6.51. The van der Waals surface area contributed by atoms with Crippen molar-refractivity contribution in [2.75, 3.05) is 39.3 Å². The van der Waals surface area contributed by atoms with Crippen LogP contribution in [-0.2, 0) is 11.3 Å². The lowest BCUT2D eigenvalue weighted by molar-refractivity contribution is -0.133. The summed E-state index contributed by atoms with van der Waals surface area (Å²) in [6.45, 7) is 3.39. The molecule has 0 spiro atoms. The minimum atomic E-state index is -0.302. The molecule has 1 saturated carbocycles. The molecule has 2 aliphatic rings. The second-order valence-corrected chi connectivity index (χ2v) is 9.12. The summed E-state index contributed by atoms with van der Waals surface area (Å²) in [5.41, 5.74) is 1.57. The van der Waals surface area contributed by atoms with E-state index in [1.54, 1.807) is 34.1 Å². The molecule has 1 aromatic carbocycles. The first-order valence-corrected chi connectivity index (χ1v) is 11.7.